The predicted octanol–water partition coefficient (Wildman–Crippen LogP) is 2.84. The van der Waals surface area contributed by atoms with Crippen LogP contribution in [0.25, 0.3) is 0 Å². The molecule has 0 N–H and O–H groups in total. The third-order valence-electron chi connectivity index (χ3n) is 5.30. The minimum Gasteiger partial charge on any atom is -0.285 e. The Morgan fingerprint density at radius 2 is 1.83 bits per heavy atom. The van der Waals surface area contributed by atoms with Crippen LogP contribution in [-0.4, -0.2) is 23.8 Å². The van der Waals surface area contributed by atoms with Gasteiger partial charge in [-0.2, -0.15) is 0 Å². The highest BCUT2D eigenvalue weighted by molar-refractivity contribution is 6.07. The van der Waals surface area contributed by atoms with E-state index in [1.807, 2.05) is 6.92 Å². The maximum absolute atomic E-state index is 12.0. The lowest BCUT2D eigenvalue weighted by molar-refractivity contribution is -0.140. The molecule has 1 heterocycles. The molecule has 0 spiro atoms. The second-order valence-electron chi connectivity index (χ2n) is 6.23. The van der Waals surface area contributed by atoms with Crippen molar-refractivity contribution in [3.05, 3.63) is 0 Å². The van der Waals surface area contributed by atoms with Crippen molar-refractivity contribution < 1.29 is 9.59 Å². The van der Waals surface area contributed by atoms with Crippen LogP contribution < -0.4 is 0 Å². The normalized spacial score (nSPS) is 40.9. The lowest BCUT2D eigenvalue weighted by Gasteiger charge is -2.31. The van der Waals surface area contributed by atoms with Gasteiger partial charge in [0.05, 0.1) is 11.3 Å². The topological polar surface area (TPSA) is 37.4 Å². The zero-order valence-corrected chi connectivity index (χ0v) is 12.0. The van der Waals surface area contributed by atoms with Gasteiger partial charge in [0.15, 0.2) is 0 Å². The molecule has 2 saturated carbocycles. The number of carbonyl (C=O) groups is 2. The van der Waals surface area contributed by atoms with Crippen molar-refractivity contribution >= 4 is 11.8 Å². The van der Waals surface area contributed by atoms with Crippen LogP contribution in [0, 0.1) is 23.2 Å². The van der Waals surface area contributed by atoms with Gasteiger partial charge >= 0.3 is 0 Å². The summed E-state index contributed by atoms with van der Waals surface area (Å²) >= 11 is 0. The molecule has 1 aliphatic heterocycles. The molecule has 3 aliphatic rings. The molecule has 2 aliphatic carbocycles. The Kier molecular flexibility index (Phi) is 3.52. The molecule has 4 atom stereocenters. The fourth-order valence-electron chi connectivity index (χ4n) is 4.04. The average Bonchev–Trinajstić information content (AvgIpc) is 3.00. The first-order chi connectivity index (χ1) is 8.48. The van der Waals surface area contributed by atoms with E-state index in [2.05, 4.69) is 13.8 Å². The van der Waals surface area contributed by atoms with E-state index in [0.717, 1.165) is 19.3 Å². The van der Waals surface area contributed by atoms with Crippen molar-refractivity contribution in [2.24, 2.45) is 23.2 Å². The Hall–Kier alpha value is -0.860. The number of hydrogen-bond donors (Lipinski definition) is 0. The molecule has 3 rings (SSSR count). The van der Waals surface area contributed by atoms with Gasteiger partial charge in [0.1, 0.15) is 0 Å². The van der Waals surface area contributed by atoms with Gasteiger partial charge < -0.3 is 0 Å². The van der Waals surface area contributed by atoms with Crippen molar-refractivity contribution in [1.29, 1.82) is 0 Å². The number of rotatable bonds is 1. The third kappa shape index (κ3) is 1.63. The average molecular weight is 251 g/mol. The Balaban J connectivity index is 0.000000267. The van der Waals surface area contributed by atoms with Gasteiger partial charge in [-0.05, 0) is 38.0 Å². The summed E-state index contributed by atoms with van der Waals surface area (Å²) in [7, 11) is 1.63. The Bertz CT molecular complexity index is 364. The van der Waals surface area contributed by atoms with Gasteiger partial charge in [-0.15, -0.1) is 0 Å². The summed E-state index contributed by atoms with van der Waals surface area (Å²) in [4.78, 5) is 25.3. The van der Waals surface area contributed by atoms with E-state index in [9.17, 15) is 9.59 Å². The highest BCUT2D eigenvalue weighted by Gasteiger charge is 2.67. The summed E-state index contributed by atoms with van der Waals surface area (Å²) in [5.74, 6) is 1.12. The number of imide groups is 1. The second kappa shape index (κ2) is 4.67. The van der Waals surface area contributed by atoms with Crippen LogP contribution in [0.15, 0.2) is 0 Å². The van der Waals surface area contributed by atoms with Gasteiger partial charge in [-0.25, -0.2) is 0 Å². The summed E-state index contributed by atoms with van der Waals surface area (Å²) < 4.78 is 0. The SMILES string of the molecule is CCCC.CN1C(=O)C2C3CCC(C3)C2(C)C1=O. The van der Waals surface area contributed by atoms with E-state index in [1.54, 1.807) is 7.05 Å². The van der Waals surface area contributed by atoms with Gasteiger partial charge in [-0.1, -0.05) is 26.7 Å². The van der Waals surface area contributed by atoms with Gasteiger partial charge in [0.2, 0.25) is 11.8 Å². The summed E-state index contributed by atoms with van der Waals surface area (Å²) in [5, 5.41) is 0. The van der Waals surface area contributed by atoms with Crippen LogP contribution in [0.1, 0.15) is 52.9 Å². The Morgan fingerprint density at radius 1 is 1.22 bits per heavy atom. The smallest absolute Gasteiger partial charge is 0.235 e. The molecule has 1 saturated heterocycles. The van der Waals surface area contributed by atoms with E-state index in [1.165, 1.54) is 17.7 Å². The van der Waals surface area contributed by atoms with Crippen LogP contribution in [-0.2, 0) is 9.59 Å². The highest BCUT2D eigenvalue weighted by Crippen LogP contribution is 2.63. The molecule has 2 bridgehead atoms. The fourth-order valence-corrected chi connectivity index (χ4v) is 4.04. The molecular weight excluding hydrogens is 226 g/mol. The number of unbranched alkanes of at least 4 members (excludes halogenated alkanes) is 1. The van der Waals surface area contributed by atoms with E-state index in [0.29, 0.717) is 11.8 Å². The second-order valence-corrected chi connectivity index (χ2v) is 6.23. The zero-order valence-electron chi connectivity index (χ0n) is 12.0. The number of nitrogens with zero attached hydrogens (tertiary/aromatic N) is 1. The van der Waals surface area contributed by atoms with Crippen molar-refractivity contribution in [1.82, 2.24) is 4.90 Å². The van der Waals surface area contributed by atoms with Crippen molar-refractivity contribution in [3.8, 4) is 0 Å². The summed E-state index contributed by atoms with van der Waals surface area (Å²) in [6.07, 6.45) is 6.04. The van der Waals surface area contributed by atoms with E-state index in [4.69, 9.17) is 0 Å². The standard InChI is InChI=1S/C11H15NO2.C4H10/c1-11-7-4-3-6(5-7)8(11)9(13)12(2)10(11)14;1-3-4-2/h6-8H,3-5H2,1-2H3;3-4H2,1-2H3. The van der Waals surface area contributed by atoms with Gasteiger partial charge in [0, 0.05) is 7.05 Å². The number of amides is 2. The first-order valence-electron chi connectivity index (χ1n) is 7.30. The maximum atomic E-state index is 12.0. The summed E-state index contributed by atoms with van der Waals surface area (Å²) in [6, 6.07) is 0. The maximum Gasteiger partial charge on any atom is 0.235 e. The van der Waals surface area contributed by atoms with Crippen molar-refractivity contribution in [2.45, 2.75) is 52.9 Å². The Morgan fingerprint density at radius 3 is 2.33 bits per heavy atom. The van der Waals surface area contributed by atoms with E-state index < -0.39 is 0 Å². The van der Waals surface area contributed by atoms with E-state index >= 15 is 0 Å². The fraction of sp³-hybridized carbons (Fsp3) is 0.867. The van der Waals surface area contributed by atoms with Gasteiger partial charge in [-0.3, -0.25) is 14.5 Å². The molecule has 2 amide bonds. The summed E-state index contributed by atoms with van der Waals surface area (Å²) in [5.41, 5.74) is -0.339. The van der Waals surface area contributed by atoms with Gasteiger partial charge in [0.25, 0.3) is 0 Å². The predicted molar refractivity (Wildman–Crippen MR) is 70.8 cm³/mol. The zero-order chi connectivity index (χ0) is 13.5. The first kappa shape index (κ1) is 13.6. The largest absolute Gasteiger partial charge is 0.285 e. The molecule has 0 aromatic heterocycles. The highest BCUT2D eigenvalue weighted by atomic mass is 16.2. The monoisotopic (exact) mass is 251 g/mol. The molecule has 0 aromatic rings. The van der Waals surface area contributed by atoms with Crippen molar-refractivity contribution in [2.75, 3.05) is 7.05 Å². The minimum absolute atomic E-state index is 0.0127. The molecule has 3 fully saturated rings. The molecule has 0 aromatic carbocycles. The molecule has 18 heavy (non-hydrogen) atoms. The number of hydrogen-bond acceptors (Lipinski definition) is 2. The van der Waals surface area contributed by atoms with Crippen LogP contribution in [0.3, 0.4) is 0 Å². The molecule has 4 unspecified atom stereocenters. The van der Waals surface area contributed by atoms with Crippen LogP contribution in [0.2, 0.25) is 0 Å². The first-order valence-corrected chi connectivity index (χ1v) is 7.30. The quantitative estimate of drug-likeness (QED) is 0.672. The lowest BCUT2D eigenvalue weighted by atomic mass is 9.69. The molecule has 3 nitrogen and oxygen atoms in total. The molecule has 3 heteroatoms. The lowest BCUT2D eigenvalue weighted by Crippen LogP contribution is -2.37. The van der Waals surface area contributed by atoms with Crippen molar-refractivity contribution in [3.63, 3.8) is 0 Å². The third-order valence-corrected chi connectivity index (χ3v) is 5.30. The Labute approximate surface area is 110 Å². The molecule has 0 radical (unpaired) electrons. The van der Waals surface area contributed by atoms with Crippen LogP contribution in [0.5, 0.6) is 0 Å². The van der Waals surface area contributed by atoms with E-state index in [-0.39, 0.29) is 23.1 Å². The minimum atomic E-state index is -0.339. The number of fused-ring (bicyclic) bond motifs is 5. The summed E-state index contributed by atoms with van der Waals surface area (Å²) in [6.45, 7) is 6.37. The molecular formula is C15H25NO2. The van der Waals surface area contributed by atoms with Crippen LogP contribution >= 0.6 is 0 Å². The molecule has 102 valence electrons. The number of carbonyl (C=O) groups excluding carboxylic acids is 2. The van der Waals surface area contributed by atoms with Crippen LogP contribution in [0.4, 0.5) is 0 Å². The number of likely N-dealkylation sites (tertiary alicyclic amines) is 1.